The second kappa shape index (κ2) is 7.23. The summed E-state index contributed by atoms with van der Waals surface area (Å²) in [5.74, 6) is 1.66. The number of rotatable bonds is 4. The third-order valence-corrected chi connectivity index (χ3v) is 6.90. The zero-order valence-corrected chi connectivity index (χ0v) is 16.6. The Labute approximate surface area is 151 Å². The molecule has 0 amide bonds. The second-order valence-electron chi connectivity index (χ2n) is 7.58. The smallest absolute Gasteiger partial charge is 0.193 e. The SMILES string of the molecule is CN=C(NCC(C)(C)Oc1ccccc1)N1CCS(=O)(=O)C(C)(C)C1. The van der Waals surface area contributed by atoms with Gasteiger partial charge in [-0.25, -0.2) is 8.42 Å². The van der Waals surface area contributed by atoms with Gasteiger partial charge in [0, 0.05) is 20.1 Å². The standard InChI is InChI=1S/C18H29N3O3S/c1-17(2,24-15-9-7-6-8-10-15)13-20-16(19-5)21-11-12-25(22,23)18(3,4)14-21/h6-10H,11-14H2,1-5H3,(H,19,20). The van der Waals surface area contributed by atoms with Gasteiger partial charge >= 0.3 is 0 Å². The molecule has 1 heterocycles. The van der Waals surface area contributed by atoms with Gasteiger partial charge in [0.2, 0.25) is 0 Å². The lowest BCUT2D eigenvalue weighted by Crippen LogP contribution is -2.58. The molecule has 0 radical (unpaired) electrons. The summed E-state index contributed by atoms with van der Waals surface area (Å²) in [6.45, 7) is 8.98. The van der Waals surface area contributed by atoms with E-state index in [4.69, 9.17) is 4.74 Å². The Morgan fingerprint density at radius 3 is 2.52 bits per heavy atom. The van der Waals surface area contributed by atoms with E-state index < -0.39 is 20.2 Å². The highest BCUT2D eigenvalue weighted by molar-refractivity contribution is 7.92. The van der Waals surface area contributed by atoms with Gasteiger partial charge in [-0.05, 0) is 39.8 Å². The van der Waals surface area contributed by atoms with E-state index in [1.807, 2.05) is 49.1 Å². The van der Waals surface area contributed by atoms with Crippen LogP contribution in [0.4, 0.5) is 0 Å². The summed E-state index contributed by atoms with van der Waals surface area (Å²) in [5, 5.41) is 3.32. The minimum Gasteiger partial charge on any atom is -0.486 e. The molecule has 1 fully saturated rings. The van der Waals surface area contributed by atoms with E-state index in [1.54, 1.807) is 20.9 Å². The fourth-order valence-electron chi connectivity index (χ4n) is 2.79. The Morgan fingerprint density at radius 2 is 1.96 bits per heavy atom. The fraction of sp³-hybridized carbons (Fsp3) is 0.611. The molecular formula is C18H29N3O3S. The van der Waals surface area contributed by atoms with E-state index in [9.17, 15) is 8.42 Å². The second-order valence-corrected chi connectivity index (χ2v) is 10.3. The number of aliphatic imine (C=N–C) groups is 1. The van der Waals surface area contributed by atoms with Crippen LogP contribution in [0.15, 0.2) is 35.3 Å². The normalized spacial score (nSPS) is 20.2. The van der Waals surface area contributed by atoms with Gasteiger partial charge in [0.15, 0.2) is 15.8 Å². The minimum absolute atomic E-state index is 0.143. The molecule has 0 spiro atoms. The number of nitrogens with one attached hydrogen (secondary N) is 1. The maximum atomic E-state index is 12.2. The molecule has 0 bridgehead atoms. The van der Waals surface area contributed by atoms with Crippen LogP contribution in [-0.2, 0) is 9.84 Å². The van der Waals surface area contributed by atoms with Crippen molar-refractivity contribution in [2.75, 3.05) is 32.4 Å². The van der Waals surface area contributed by atoms with Crippen LogP contribution >= 0.6 is 0 Å². The molecule has 0 saturated carbocycles. The molecule has 6 nitrogen and oxygen atoms in total. The van der Waals surface area contributed by atoms with Gasteiger partial charge in [0.25, 0.3) is 0 Å². The number of para-hydroxylation sites is 1. The molecule has 25 heavy (non-hydrogen) atoms. The molecule has 1 aromatic carbocycles. The van der Waals surface area contributed by atoms with Crippen molar-refractivity contribution in [2.24, 2.45) is 4.99 Å². The predicted molar refractivity (Wildman–Crippen MR) is 102 cm³/mol. The monoisotopic (exact) mass is 367 g/mol. The number of guanidine groups is 1. The first kappa shape index (κ1) is 19.6. The summed E-state index contributed by atoms with van der Waals surface area (Å²) in [6.07, 6.45) is 0. The van der Waals surface area contributed by atoms with Crippen LogP contribution in [0.1, 0.15) is 27.7 Å². The maximum Gasteiger partial charge on any atom is 0.193 e. The van der Waals surface area contributed by atoms with E-state index in [1.165, 1.54) is 0 Å². The van der Waals surface area contributed by atoms with Gasteiger partial charge in [-0.1, -0.05) is 18.2 Å². The van der Waals surface area contributed by atoms with Gasteiger partial charge in [0.1, 0.15) is 11.4 Å². The third kappa shape index (κ3) is 4.87. The van der Waals surface area contributed by atoms with Crippen molar-refractivity contribution in [1.29, 1.82) is 0 Å². The van der Waals surface area contributed by atoms with E-state index in [0.717, 1.165) is 5.75 Å². The van der Waals surface area contributed by atoms with Crippen molar-refractivity contribution in [3.63, 3.8) is 0 Å². The van der Waals surface area contributed by atoms with Gasteiger partial charge in [-0.3, -0.25) is 4.99 Å². The van der Waals surface area contributed by atoms with E-state index in [0.29, 0.717) is 25.6 Å². The zero-order valence-electron chi connectivity index (χ0n) is 15.7. The molecule has 2 rings (SSSR count). The molecule has 140 valence electrons. The summed E-state index contributed by atoms with van der Waals surface area (Å²) >= 11 is 0. The maximum absolute atomic E-state index is 12.2. The number of ether oxygens (including phenoxy) is 1. The Morgan fingerprint density at radius 1 is 1.32 bits per heavy atom. The summed E-state index contributed by atoms with van der Waals surface area (Å²) in [6, 6.07) is 9.68. The summed E-state index contributed by atoms with van der Waals surface area (Å²) in [5.41, 5.74) is -0.436. The van der Waals surface area contributed by atoms with Crippen molar-refractivity contribution in [1.82, 2.24) is 10.2 Å². The van der Waals surface area contributed by atoms with Crippen molar-refractivity contribution < 1.29 is 13.2 Å². The first-order valence-electron chi connectivity index (χ1n) is 8.48. The number of benzene rings is 1. The molecule has 0 aromatic heterocycles. The molecule has 0 atom stereocenters. The van der Waals surface area contributed by atoms with Crippen molar-refractivity contribution in [2.45, 2.75) is 38.0 Å². The molecule has 1 aliphatic heterocycles. The van der Waals surface area contributed by atoms with E-state index >= 15 is 0 Å². The summed E-state index contributed by atoms with van der Waals surface area (Å²) < 4.78 is 29.6. The molecule has 0 unspecified atom stereocenters. The van der Waals surface area contributed by atoms with Crippen LogP contribution in [0.2, 0.25) is 0 Å². The fourth-order valence-corrected chi connectivity index (χ4v) is 4.16. The molecule has 1 N–H and O–H groups in total. The van der Waals surface area contributed by atoms with Crippen LogP contribution in [0.25, 0.3) is 0 Å². The number of hydrogen-bond donors (Lipinski definition) is 1. The van der Waals surface area contributed by atoms with Crippen molar-refractivity contribution in [3.05, 3.63) is 30.3 Å². The molecule has 1 aliphatic rings. The highest BCUT2D eigenvalue weighted by Gasteiger charge is 2.41. The molecule has 0 aliphatic carbocycles. The first-order chi connectivity index (χ1) is 11.6. The lowest BCUT2D eigenvalue weighted by atomic mass is 10.1. The van der Waals surface area contributed by atoms with Crippen LogP contribution < -0.4 is 10.1 Å². The van der Waals surface area contributed by atoms with Crippen LogP contribution in [0.5, 0.6) is 5.75 Å². The number of hydrogen-bond acceptors (Lipinski definition) is 4. The highest BCUT2D eigenvalue weighted by Crippen LogP contribution is 2.24. The lowest BCUT2D eigenvalue weighted by molar-refractivity contribution is 0.112. The third-order valence-electron chi connectivity index (χ3n) is 4.36. The highest BCUT2D eigenvalue weighted by atomic mass is 32.2. The van der Waals surface area contributed by atoms with Gasteiger partial charge in [0.05, 0.1) is 17.0 Å². The summed E-state index contributed by atoms with van der Waals surface area (Å²) in [7, 11) is -1.36. The van der Waals surface area contributed by atoms with Gasteiger partial charge in [-0.2, -0.15) is 0 Å². The number of nitrogens with zero attached hydrogens (tertiary/aromatic N) is 2. The minimum atomic E-state index is -3.07. The number of sulfone groups is 1. The largest absolute Gasteiger partial charge is 0.486 e. The quantitative estimate of drug-likeness (QED) is 0.650. The van der Waals surface area contributed by atoms with E-state index in [-0.39, 0.29) is 5.75 Å². The Hall–Kier alpha value is -1.76. The van der Waals surface area contributed by atoms with Crippen LogP contribution in [-0.4, -0.2) is 62.1 Å². The zero-order chi connectivity index (χ0) is 18.7. The van der Waals surface area contributed by atoms with E-state index in [2.05, 4.69) is 10.3 Å². The molecule has 1 aromatic rings. The van der Waals surface area contributed by atoms with Crippen molar-refractivity contribution >= 4 is 15.8 Å². The topological polar surface area (TPSA) is 71.0 Å². The molecule has 7 heteroatoms. The summed E-state index contributed by atoms with van der Waals surface area (Å²) in [4.78, 5) is 6.32. The molecular weight excluding hydrogens is 338 g/mol. The van der Waals surface area contributed by atoms with Gasteiger partial charge in [-0.15, -0.1) is 0 Å². The average molecular weight is 368 g/mol. The van der Waals surface area contributed by atoms with Crippen LogP contribution in [0, 0.1) is 0 Å². The lowest BCUT2D eigenvalue weighted by Gasteiger charge is -2.39. The average Bonchev–Trinajstić information content (AvgIpc) is 2.52. The Balaban J connectivity index is 1.98. The Bertz CT molecular complexity index is 712. The molecule has 1 saturated heterocycles. The van der Waals surface area contributed by atoms with Crippen molar-refractivity contribution in [3.8, 4) is 5.75 Å². The Kier molecular flexibility index (Phi) is 5.66. The van der Waals surface area contributed by atoms with Gasteiger partial charge < -0.3 is 15.0 Å². The predicted octanol–water partition coefficient (Wildman–Crippen LogP) is 1.93. The first-order valence-corrected chi connectivity index (χ1v) is 10.1. The van der Waals surface area contributed by atoms with Crippen LogP contribution in [0.3, 0.4) is 0 Å².